The maximum Gasteiger partial charge on any atom is 0.269 e. The fourth-order valence-corrected chi connectivity index (χ4v) is 3.59. The van der Waals surface area contributed by atoms with E-state index >= 15 is 0 Å². The van der Waals surface area contributed by atoms with Gasteiger partial charge in [0.15, 0.2) is 5.13 Å². The van der Waals surface area contributed by atoms with Gasteiger partial charge in [0.25, 0.3) is 5.91 Å². The van der Waals surface area contributed by atoms with Crippen LogP contribution in [0.3, 0.4) is 0 Å². The fraction of sp³-hybridized carbons (Fsp3) is 0.133. The van der Waals surface area contributed by atoms with Crippen LogP contribution in [0, 0.1) is 19.7 Å². The van der Waals surface area contributed by atoms with Crippen LogP contribution in [0.15, 0.2) is 29.6 Å². The standard InChI is InChI=1S/C15H12FN3OS2/c1-8-7-21-15(17-8)19-13(20)12-9(2)18-14(22-12)10-5-3-4-6-11(10)16/h3-7H,1-2H3,(H,17,19,20). The minimum absolute atomic E-state index is 0.271. The molecule has 4 nitrogen and oxygen atoms in total. The number of halogens is 1. The Labute approximate surface area is 134 Å². The van der Waals surface area contributed by atoms with E-state index in [-0.39, 0.29) is 11.7 Å². The third-order valence-corrected chi connectivity index (χ3v) is 5.01. The third-order valence-electron chi connectivity index (χ3n) is 2.95. The second kappa shape index (κ2) is 5.94. The molecule has 0 saturated carbocycles. The molecule has 1 aromatic carbocycles. The summed E-state index contributed by atoms with van der Waals surface area (Å²) in [4.78, 5) is 21.3. The molecular weight excluding hydrogens is 321 g/mol. The molecule has 0 atom stereocenters. The lowest BCUT2D eigenvalue weighted by Gasteiger charge is -1.99. The van der Waals surface area contributed by atoms with Crippen LogP contribution in [-0.4, -0.2) is 15.9 Å². The molecule has 0 bridgehead atoms. The second-order valence-electron chi connectivity index (χ2n) is 4.66. The van der Waals surface area contributed by atoms with Crippen molar-refractivity contribution in [2.45, 2.75) is 13.8 Å². The lowest BCUT2D eigenvalue weighted by molar-refractivity contribution is 0.103. The predicted octanol–water partition coefficient (Wildman–Crippen LogP) is 4.27. The summed E-state index contributed by atoms with van der Waals surface area (Å²) in [6.45, 7) is 3.60. The van der Waals surface area contributed by atoms with E-state index in [0.29, 0.717) is 26.3 Å². The quantitative estimate of drug-likeness (QED) is 0.778. The van der Waals surface area contributed by atoms with E-state index in [0.717, 1.165) is 5.69 Å². The SMILES string of the molecule is Cc1csc(NC(=O)c2sc(-c3ccccc3F)nc2C)n1. The Morgan fingerprint density at radius 2 is 2.00 bits per heavy atom. The van der Waals surface area contributed by atoms with Crippen molar-refractivity contribution in [2.24, 2.45) is 0 Å². The average Bonchev–Trinajstić information content (AvgIpc) is 3.05. The van der Waals surface area contributed by atoms with E-state index in [2.05, 4.69) is 15.3 Å². The lowest BCUT2D eigenvalue weighted by Crippen LogP contribution is -2.11. The van der Waals surface area contributed by atoms with Gasteiger partial charge in [-0.3, -0.25) is 10.1 Å². The lowest BCUT2D eigenvalue weighted by atomic mass is 10.2. The van der Waals surface area contributed by atoms with Crippen LogP contribution in [0.25, 0.3) is 10.6 Å². The molecule has 112 valence electrons. The second-order valence-corrected chi connectivity index (χ2v) is 6.52. The van der Waals surface area contributed by atoms with Gasteiger partial charge < -0.3 is 0 Å². The van der Waals surface area contributed by atoms with Crippen LogP contribution in [0.2, 0.25) is 0 Å². The molecule has 22 heavy (non-hydrogen) atoms. The molecule has 1 N–H and O–H groups in total. The Hall–Kier alpha value is -2.12. The Morgan fingerprint density at radius 3 is 2.68 bits per heavy atom. The summed E-state index contributed by atoms with van der Waals surface area (Å²) in [5.74, 6) is -0.620. The summed E-state index contributed by atoms with van der Waals surface area (Å²) in [6.07, 6.45) is 0. The fourth-order valence-electron chi connectivity index (χ4n) is 1.92. The number of anilines is 1. The molecule has 3 rings (SSSR count). The first-order valence-corrected chi connectivity index (χ1v) is 8.20. The van der Waals surface area contributed by atoms with Crippen LogP contribution in [0.1, 0.15) is 21.1 Å². The van der Waals surface area contributed by atoms with Crippen LogP contribution >= 0.6 is 22.7 Å². The summed E-state index contributed by atoms with van der Waals surface area (Å²) in [7, 11) is 0. The van der Waals surface area contributed by atoms with Gasteiger partial charge in [0, 0.05) is 10.9 Å². The molecule has 0 aliphatic heterocycles. The Morgan fingerprint density at radius 1 is 1.23 bits per heavy atom. The molecule has 0 unspecified atom stereocenters. The van der Waals surface area contributed by atoms with Crippen LogP contribution in [0.4, 0.5) is 9.52 Å². The number of aromatic nitrogens is 2. The number of nitrogens with zero attached hydrogens (tertiary/aromatic N) is 2. The van der Waals surface area contributed by atoms with Crippen LogP contribution in [-0.2, 0) is 0 Å². The van der Waals surface area contributed by atoms with Gasteiger partial charge >= 0.3 is 0 Å². The zero-order valence-corrected chi connectivity index (χ0v) is 13.5. The van der Waals surface area contributed by atoms with Gasteiger partial charge in [0.05, 0.1) is 11.4 Å². The Balaban J connectivity index is 1.89. The number of aryl methyl sites for hydroxylation is 2. The van der Waals surface area contributed by atoms with Gasteiger partial charge in [0.1, 0.15) is 15.7 Å². The zero-order valence-electron chi connectivity index (χ0n) is 11.9. The van der Waals surface area contributed by atoms with Crippen molar-refractivity contribution >= 4 is 33.7 Å². The zero-order chi connectivity index (χ0) is 15.7. The summed E-state index contributed by atoms with van der Waals surface area (Å²) in [5, 5.41) is 5.65. The number of benzene rings is 1. The molecule has 7 heteroatoms. The molecule has 3 aromatic rings. The molecule has 1 amide bonds. The number of carbonyl (C=O) groups excluding carboxylic acids is 1. The minimum atomic E-state index is -0.348. The first-order valence-electron chi connectivity index (χ1n) is 6.50. The van der Waals surface area contributed by atoms with Crippen molar-refractivity contribution in [1.82, 2.24) is 9.97 Å². The van der Waals surface area contributed by atoms with Gasteiger partial charge in [-0.15, -0.1) is 22.7 Å². The molecule has 2 heterocycles. The van der Waals surface area contributed by atoms with Crippen molar-refractivity contribution in [3.63, 3.8) is 0 Å². The largest absolute Gasteiger partial charge is 0.297 e. The Kier molecular flexibility index (Phi) is 4.00. The van der Waals surface area contributed by atoms with Crippen LogP contribution in [0.5, 0.6) is 0 Å². The minimum Gasteiger partial charge on any atom is -0.297 e. The van der Waals surface area contributed by atoms with Gasteiger partial charge in [-0.05, 0) is 26.0 Å². The number of hydrogen-bond acceptors (Lipinski definition) is 5. The highest BCUT2D eigenvalue weighted by Crippen LogP contribution is 2.30. The molecule has 0 fully saturated rings. The maximum atomic E-state index is 13.8. The predicted molar refractivity (Wildman–Crippen MR) is 87.0 cm³/mol. The smallest absolute Gasteiger partial charge is 0.269 e. The molecule has 0 radical (unpaired) electrons. The third kappa shape index (κ3) is 2.90. The van der Waals surface area contributed by atoms with Gasteiger partial charge in [-0.2, -0.15) is 0 Å². The molecule has 0 aliphatic rings. The topological polar surface area (TPSA) is 54.9 Å². The highest BCUT2D eigenvalue weighted by molar-refractivity contribution is 7.17. The van der Waals surface area contributed by atoms with E-state index in [1.165, 1.54) is 28.7 Å². The van der Waals surface area contributed by atoms with E-state index in [1.54, 1.807) is 25.1 Å². The van der Waals surface area contributed by atoms with Gasteiger partial charge in [-0.1, -0.05) is 12.1 Å². The van der Waals surface area contributed by atoms with Gasteiger partial charge in [-0.25, -0.2) is 14.4 Å². The Bertz CT molecular complexity index is 841. The first kappa shape index (κ1) is 14.8. The van der Waals surface area contributed by atoms with E-state index in [4.69, 9.17) is 0 Å². The van der Waals surface area contributed by atoms with E-state index in [1.807, 2.05) is 12.3 Å². The molecule has 0 saturated heterocycles. The van der Waals surface area contributed by atoms with E-state index in [9.17, 15) is 9.18 Å². The molecule has 2 aromatic heterocycles. The summed E-state index contributed by atoms with van der Waals surface area (Å²) >= 11 is 2.54. The van der Waals surface area contributed by atoms with Crippen molar-refractivity contribution in [1.29, 1.82) is 0 Å². The number of hydrogen-bond donors (Lipinski definition) is 1. The molecule has 0 aliphatic carbocycles. The summed E-state index contributed by atoms with van der Waals surface area (Å²) < 4.78 is 13.8. The molecule has 0 spiro atoms. The van der Waals surface area contributed by atoms with Crippen molar-refractivity contribution in [2.75, 3.05) is 5.32 Å². The number of amides is 1. The first-order chi connectivity index (χ1) is 10.5. The highest BCUT2D eigenvalue weighted by Gasteiger charge is 2.18. The van der Waals surface area contributed by atoms with Crippen molar-refractivity contribution < 1.29 is 9.18 Å². The number of thiazole rings is 2. The summed E-state index contributed by atoms with van der Waals surface area (Å²) in [5.41, 5.74) is 1.84. The number of nitrogens with one attached hydrogen (secondary N) is 1. The van der Waals surface area contributed by atoms with E-state index < -0.39 is 0 Å². The van der Waals surface area contributed by atoms with Gasteiger partial charge in [0.2, 0.25) is 0 Å². The maximum absolute atomic E-state index is 13.8. The molecular formula is C15H12FN3OS2. The van der Waals surface area contributed by atoms with Crippen molar-refractivity contribution in [3.8, 4) is 10.6 Å². The van der Waals surface area contributed by atoms with Crippen molar-refractivity contribution in [3.05, 3.63) is 51.7 Å². The van der Waals surface area contributed by atoms with Crippen LogP contribution < -0.4 is 5.32 Å². The highest BCUT2D eigenvalue weighted by atomic mass is 32.1. The normalized spacial score (nSPS) is 10.7. The summed E-state index contributed by atoms with van der Waals surface area (Å²) in [6, 6.07) is 6.40. The number of carbonyl (C=O) groups is 1. The monoisotopic (exact) mass is 333 g/mol. The average molecular weight is 333 g/mol. The number of rotatable bonds is 3.